The Morgan fingerprint density at radius 1 is 0.857 bits per heavy atom. The van der Waals surface area contributed by atoms with Crippen molar-refractivity contribution < 1.29 is 43.0 Å². The van der Waals surface area contributed by atoms with Gasteiger partial charge in [0, 0.05) is 29.8 Å². The minimum atomic E-state index is -1.53. The number of hydrogen-bond donors (Lipinski definition) is 4. The van der Waals surface area contributed by atoms with Crippen LogP contribution in [0.2, 0.25) is 0 Å². The van der Waals surface area contributed by atoms with Gasteiger partial charge in [-0.3, -0.25) is 29.1 Å². The fourth-order valence-corrected chi connectivity index (χ4v) is 8.68. The Labute approximate surface area is 249 Å². The molecule has 0 aliphatic heterocycles. The van der Waals surface area contributed by atoms with Gasteiger partial charge in [0.05, 0.1) is 36.4 Å². The van der Waals surface area contributed by atoms with Crippen molar-refractivity contribution in [2.24, 2.45) is 23.7 Å². The second-order valence-electron chi connectivity index (χ2n) is 12.7. The Hall–Kier alpha value is -1.71. The summed E-state index contributed by atoms with van der Waals surface area (Å²) < 4.78 is 19.3. The van der Waals surface area contributed by atoms with Crippen molar-refractivity contribution in [2.75, 3.05) is 13.2 Å². The number of carbonyl (C=O) groups is 2. The second kappa shape index (κ2) is 16.4. The van der Waals surface area contributed by atoms with Gasteiger partial charge in [0.25, 0.3) is 0 Å². The maximum atomic E-state index is 13.2. The summed E-state index contributed by atoms with van der Waals surface area (Å²) >= 11 is -1.53. The van der Waals surface area contributed by atoms with Crippen LogP contribution in [0.4, 0.5) is 0 Å². The largest absolute Gasteiger partial charge is 0.481 e. The highest BCUT2D eigenvalue weighted by molar-refractivity contribution is 7.80. The molecule has 4 rings (SSSR count). The molecule has 0 radical (unpaired) electrons. The molecular formula is C28H47N3O10S. The average molecular weight is 618 g/mol. The molecule has 14 heteroatoms. The van der Waals surface area contributed by atoms with Crippen LogP contribution in [0, 0.1) is 33.8 Å². The van der Waals surface area contributed by atoms with Crippen LogP contribution in [0.15, 0.2) is 0 Å². The van der Waals surface area contributed by atoms with Gasteiger partial charge in [0.15, 0.2) is 11.1 Å². The number of carboxylic acids is 1. The van der Waals surface area contributed by atoms with E-state index in [9.17, 15) is 29.0 Å². The summed E-state index contributed by atoms with van der Waals surface area (Å²) in [6.07, 6.45) is 10.5. The first-order valence-corrected chi connectivity index (χ1v) is 16.8. The molecule has 4 saturated carbocycles. The van der Waals surface area contributed by atoms with E-state index >= 15 is 0 Å². The summed E-state index contributed by atoms with van der Waals surface area (Å²) in [7, 11) is 0. The third-order valence-corrected chi connectivity index (χ3v) is 11.2. The molecule has 4 fully saturated rings. The number of hydroxylamine groups is 1. The summed E-state index contributed by atoms with van der Waals surface area (Å²) in [5.74, 6) is -2.82. The first-order chi connectivity index (χ1) is 20.2. The zero-order chi connectivity index (χ0) is 30.1. The molecule has 0 aromatic carbocycles. The Morgan fingerprint density at radius 3 is 2.29 bits per heavy atom. The van der Waals surface area contributed by atoms with Gasteiger partial charge < -0.3 is 15.3 Å². The van der Waals surface area contributed by atoms with Crippen LogP contribution >= 0.6 is 0 Å². The van der Waals surface area contributed by atoms with E-state index in [-0.39, 0.29) is 48.6 Å². The molecule has 4 N–H and O–H groups in total. The summed E-state index contributed by atoms with van der Waals surface area (Å²) in [6.45, 7) is 0.889. The predicted molar refractivity (Wildman–Crippen MR) is 152 cm³/mol. The lowest BCUT2D eigenvalue weighted by molar-refractivity contribution is -0.528. The molecular weight excluding hydrogens is 570 g/mol. The topological polar surface area (TPSA) is 187 Å². The van der Waals surface area contributed by atoms with E-state index in [0.717, 1.165) is 57.8 Å². The number of aliphatic carboxylic acids is 1. The van der Waals surface area contributed by atoms with Crippen molar-refractivity contribution in [3.05, 3.63) is 10.1 Å². The molecule has 1 amide bonds. The minimum absolute atomic E-state index is 0.0999. The molecule has 10 unspecified atom stereocenters. The van der Waals surface area contributed by atoms with Crippen molar-refractivity contribution in [3.63, 3.8) is 0 Å². The lowest BCUT2D eigenvalue weighted by atomic mass is 9.76. The van der Waals surface area contributed by atoms with Crippen LogP contribution in [0.1, 0.15) is 96.3 Å². The van der Waals surface area contributed by atoms with Gasteiger partial charge in [0.2, 0.25) is 11.9 Å². The van der Waals surface area contributed by atoms with Crippen LogP contribution in [-0.4, -0.2) is 74.1 Å². The van der Waals surface area contributed by atoms with Gasteiger partial charge in [-0.15, -0.1) is 0 Å². The SMILES string of the molecule is O=C(O)C1CC([N+](=O)[O-])CCC1C(=O)NC1CCCC(S(=O)OC2CCCC(NOCC3CCCCC3COO)C2)C1. The first-order valence-electron chi connectivity index (χ1n) is 15.6. The number of rotatable bonds is 13. The van der Waals surface area contributed by atoms with Gasteiger partial charge in [-0.25, -0.2) is 9.10 Å². The molecule has 42 heavy (non-hydrogen) atoms. The normalized spacial score (nSPS) is 36.5. The molecule has 10 atom stereocenters. The van der Waals surface area contributed by atoms with Crippen molar-refractivity contribution in [3.8, 4) is 0 Å². The smallest absolute Gasteiger partial charge is 0.307 e. The number of amides is 1. The van der Waals surface area contributed by atoms with Crippen LogP contribution in [0.25, 0.3) is 0 Å². The van der Waals surface area contributed by atoms with Crippen molar-refractivity contribution in [1.82, 2.24) is 10.8 Å². The van der Waals surface area contributed by atoms with Crippen LogP contribution in [0.3, 0.4) is 0 Å². The van der Waals surface area contributed by atoms with Crippen molar-refractivity contribution >= 4 is 23.0 Å². The third-order valence-electron chi connectivity index (χ3n) is 9.78. The monoisotopic (exact) mass is 617 g/mol. The number of nitro groups is 1. The van der Waals surface area contributed by atoms with Gasteiger partial charge in [-0.05, 0) is 76.0 Å². The summed E-state index contributed by atoms with van der Waals surface area (Å²) in [6, 6.07) is -1.07. The third kappa shape index (κ3) is 9.39. The van der Waals surface area contributed by atoms with Gasteiger partial charge in [-0.1, -0.05) is 19.3 Å². The average Bonchev–Trinajstić information content (AvgIpc) is 2.98. The zero-order valence-electron chi connectivity index (χ0n) is 24.2. The van der Waals surface area contributed by atoms with Crippen LogP contribution in [-0.2, 0) is 34.6 Å². The van der Waals surface area contributed by atoms with Crippen LogP contribution < -0.4 is 10.8 Å². The van der Waals surface area contributed by atoms with E-state index in [2.05, 4.69) is 15.7 Å². The second-order valence-corrected chi connectivity index (χ2v) is 14.0. The Bertz CT molecular complexity index is 940. The Kier molecular flexibility index (Phi) is 12.9. The molecule has 0 aromatic heterocycles. The Morgan fingerprint density at radius 2 is 1.57 bits per heavy atom. The molecule has 0 spiro atoms. The molecule has 13 nitrogen and oxygen atoms in total. The highest BCUT2D eigenvalue weighted by Crippen LogP contribution is 2.34. The fourth-order valence-electron chi connectivity index (χ4n) is 7.33. The summed E-state index contributed by atoms with van der Waals surface area (Å²) in [5.41, 5.74) is 3.19. The van der Waals surface area contributed by atoms with Crippen molar-refractivity contribution in [2.45, 2.75) is 126 Å². The maximum Gasteiger partial charge on any atom is 0.307 e. The van der Waals surface area contributed by atoms with Crippen LogP contribution in [0.5, 0.6) is 0 Å². The standard InChI is InChI=1S/C28H47N3O10S/c32-27(25-12-11-22(31(35)36)15-26(25)28(33)34)29-20-7-4-10-24(14-20)42(38)41-23-9-3-8-21(13-23)30-39-16-18-5-1-2-6-19(18)17-40-37/h18-26,30,37H,1-17H2,(H,29,32)(H,33,34). The number of carboxylic acid groups (broad SMARTS) is 1. The predicted octanol–water partition coefficient (Wildman–Crippen LogP) is 3.37. The minimum Gasteiger partial charge on any atom is -0.481 e. The molecule has 240 valence electrons. The maximum absolute atomic E-state index is 13.2. The highest BCUT2D eigenvalue weighted by atomic mass is 32.2. The van der Waals surface area contributed by atoms with E-state index in [1.807, 2.05) is 0 Å². The molecule has 0 saturated heterocycles. The number of nitrogens with zero attached hydrogens (tertiary/aromatic N) is 1. The molecule has 4 aliphatic carbocycles. The first kappa shape index (κ1) is 33.2. The molecule has 0 bridgehead atoms. The van der Waals surface area contributed by atoms with Gasteiger partial charge >= 0.3 is 5.97 Å². The Balaban J connectivity index is 1.20. The molecule has 0 aromatic rings. The molecule has 0 heterocycles. The highest BCUT2D eigenvalue weighted by Gasteiger charge is 2.44. The van der Waals surface area contributed by atoms with E-state index < -0.39 is 39.9 Å². The van der Waals surface area contributed by atoms with Crippen molar-refractivity contribution in [1.29, 1.82) is 0 Å². The summed E-state index contributed by atoms with van der Waals surface area (Å²) in [5, 5.41) is 32.4. The van der Waals surface area contributed by atoms with E-state index in [4.69, 9.17) is 14.3 Å². The van der Waals surface area contributed by atoms with E-state index in [0.29, 0.717) is 44.3 Å². The number of carbonyl (C=O) groups excluding carboxylic acids is 1. The lowest BCUT2D eigenvalue weighted by Gasteiger charge is -2.34. The number of hydrogen-bond acceptors (Lipinski definition) is 10. The zero-order valence-corrected chi connectivity index (χ0v) is 25.0. The summed E-state index contributed by atoms with van der Waals surface area (Å²) in [4.78, 5) is 45.8. The van der Waals surface area contributed by atoms with Gasteiger partial charge in [0.1, 0.15) is 0 Å². The lowest BCUT2D eigenvalue weighted by Crippen LogP contribution is -2.48. The number of nitrogens with one attached hydrogen (secondary N) is 2. The van der Waals surface area contributed by atoms with E-state index in [1.165, 1.54) is 0 Å². The fraction of sp³-hybridized carbons (Fsp3) is 0.929. The molecule has 4 aliphatic rings. The quantitative estimate of drug-likeness (QED) is 0.135. The van der Waals surface area contributed by atoms with E-state index in [1.54, 1.807) is 0 Å². The van der Waals surface area contributed by atoms with Gasteiger partial charge in [-0.2, -0.15) is 5.48 Å².